The van der Waals surface area contributed by atoms with Crippen LogP contribution in [0.2, 0.25) is 0 Å². The molecule has 8 nitrogen and oxygen atoms in total. The van der Waals surface area contributed by atoms with E-state index in [1.54, 1.807) is 10.9 Å². The summed E-state index contributed by atoms with van der Waals surface area (Å²) in [7, 11) is 0. The Morgan fingerprint density at radius 1 is 1.12 bits per heavy atom. The van der Waals surface area contributed by atoms with Crippen molar-refractivity contribution < 1.29 is 4.79 Å². The van der Waals surface area contributed by atoms with Crippen molar-refractivity contribution in [3.63, 3.8) is 0 Å². The van der Waals surface area contributed by atoms with Crippen LogP contribution in [0.5, 0.6) is 0 Å². The summed E-state index contributed by atoms with van der Waals surface area (Å²) in [5, 5.41) is 0.678. The molecule has 0 atom stereocenters. The van der Waals surface area contributed by atoms with Gasteiger partial charge in [-0.3, -0.25) is 14.2 Å². The van der Waals surface area contributed by atoms with Crippen molar-refractivity contribution in [2.75, 3.05) is 31.1 Å². The van der Waals surface area contributed by atoms with E-state index in [-0.39, 0.29) is 17.4 Å². The molecule has 1 aliphatic heterocycles. The molecule has 3 aromatic heterocycles. The van der Waals surface area contributed by atoms with Gasteiger partial charge in [0, 0.05) is 61.7 Å². The lowest BCUT2D eigenvalue weighted by molar-refractivity contribution is -0.131. The minimum absolute atomic E-state index is 0.0606. The van der Waals surface area contributed by atoms with Crippen molar-refractivity contribution in [2.24, 2.45) is 0 Å². The summed E-state index contributed by atoms with van der Waals surface area (Å²) in [5.74, 6) is 2.12. The molecule has 0 radical (unpaired) electrons. The number of carbonyl (C=O) groups is 1. The van der Waals surface area contributed by atoms with Crippen molar-refractivity contribution in [1.29, 1.82) is 0 Å². The highest BCUT2D eigenvalue weighted by molar-refractivity contribution is 7.18. The number of fused-ring (bicyclic) bond motifs is 1. The molecule has 0 aliphatic carbocycles. The van der Waals surface area contributed by atoms with E-state index in [2.05, 4.69) is 28.7 Å². The lowest BCUT2D eigenvalue weighted by Gasteiger charge is -2.35. The van der Waals surface area contributed by atoms with Crippen LogP contribution in [-0.4, -0.2) is 56.5 Å². The second-order valence-corrected chi connectivity index (χ2v) is 9.91. The van der Waals surface area contributed by atoms with Gasteiger partial charge in [-0.15, -0.1) is 11.3 Å². The fraction of sp³-hybridized carbons (Fsp3) is 0.522. The maximum absolute atomic E-state index is 12.8. The standard InChI is InChI=1S/C23H30N6O2S/c1-14(2)21-25-15(3)12-18(26-21)27-8-10-28(11-9-27)19(30)6-7-29-13-24-22-20(23(29)31)16(4)17(5)32-22/h12-14H,6-11H2,1-5H3. The summed E-state index contributed by atoms with van der Waals surface area (Å²) < 4.78 is 1.56. The maximum atomic E-state index is 12.8. The highest BCUT2D eigenvalue weighted by Crippen LogP contribution is 2.25. The van der Waals surface area contributed by atoms with Gasteiger partial charge in [0.2, 0.25) is 5.91 Å². The van der Waals surface area contributed by atoms with Gasteiger partial charge in [0.05, 0.1) is 11.7 Å². The summed E-state index contributed by atoms with van der Waals surface area (Å²) in [6.07, 6.45) is 1.86. The number of nitrogens with zero attached hydrogens (tertiary/aromatic N) is 6. The summed E-state index contributed by atoms with van der Waals surface area (Å²) in [6.45, 7) is 13.2. The third kappa shape index (κ3) is 4.39. The predicted octanol–water partition coefficient (Wildman–Crippen LogP) is 3.04. The first-order valence-electron chi connectivity index (χ1n) is 11.1. The number of hydrogen-bond donors (Lipinski definition) is 0. The smallest absolute Gasteiger partial charge is 0.262 e. The molecule has 1 aliphatic rings. The van der Waals surface area contributed by atoms with E-state index in [4.69, 9.17) is 4.98 Å². The summed E-state index contributed by atoms with van der Waals surface area (Å²) >= 11 is 1.54. The summed E-state index contributed by atoms with van der Waals surface area (Å²) in [4.78, 5) is 45.3. The molecule has 170 valence electrons. The quantitative estimate of drug-likeness (QED) is 0.589. The van der Waals surface area contributed by atoms with Gasteiger partial charge in [0.1, 0.15) is 16.5 Å². The molecule has 0 N–H and O–H groups in total. The number of aromatic nitrogens is 4. The normalized spacial score (nSPS) is 14.6. The predicted molar refractivity (Wildman–Crippen MR) is 128 cm³/mol. The molecular formula is C23H30N6O2S. The van der Waals surface area contributed by atoms with Crippen molar-refractivity contribution in [1.82, 2.24) is 24.4 Å². The second kappa shape index (κ2) is 8.97. The fourth-order valence-corrected chi connectivity index (χ4v) is 4.97. The monoisotopic (exact) mass is 454 g/mol. The van der Waals surface area contributed by atoms with Gasteiger partial charge < -0.3 is 9.80 Å². The zero-order chi connectivity index (χ0) is 23.0. The van der Waals surface area contributed by atoms with Crippen LogP contribution in [-0.2, 0) is 11.3 Å². The Bertz CT molecular complexity index is 1210. The molecule has 0 spiro atoms. The fourth-order valence-electron chi connectivity index (χ4n) is 3.98. The molecule has 0 bridgehead atoms. The van der Waals surface area contributed by atoms with Crippen molar-refractivity contribution in [2.45, 2.75) is 53.5 Å². The van der Waals surface area contributed by atoms with Gasteiger partial charge in [-0.2, -0.15) is 0 Å². The van der Waals surface area contributed by atoms with Crippen LogP contribution in [0, 0.1) is 20.8 Å². The van der Waals surface area contributed by atoms with Crippen LogP contribution in [0.4, 0.5) is 5.82 Å². The van der Waals surface area contributed by atoms with Gasteiger partial charge in [0.25, 0.3) is 5.56 Å². The van der Waals surface area contributed by atoms with Crippen LogP contribution < -0.4 is 10.5 Å². The zero-order valence-electron chi connectivity index (χ0n) is 19.4. The zero-order valence-corrected chi connectivity index (χ0v) is 20.2. The molecule has 4 heterocycles. The van der Waals surface area contributed by atoms with Gasteiger partial charge in [0.15, 0.2) is 0 Å². The molecule has 9 heteroatoms. The number of carbonyl (C=O) groups excluding carboxylic acids is 1. The van der Waals surface area contributed by atoms with E-state index >= 15 is 0 Å². The molecule has 1 fully saturated rings. The molecule has 0 unspecified atom stereocenters. The van der Waals surface area contributed by atoms with Crippen LogP contribution in [0.3, 0.4) is 0 Å². The summed E-state index contributed by atoms with van der Waals surface area (Å²) in [5.41, 5.74) is 1.89. The number of anilines is 1. The van der Waals surface area contributed by atoms with Crippen LogP contribution in [0.25, 0.3) is 10.2 Å². The van der Waals surface area contributed by atoms with Gasteiger partial charge in [-0.25, -0.2) is 15.0 Å². The first kappa shape index (κ1) is 22.4. The lowest BCUT2D eigenvalue weighted by Crippen LogP contribution is -2.49. The van der Waals surface area contributed by atoms with E-state index < -0.39 is 0 Å². The second-order valence-electron chi connectivity index (χ2n) is 8.70. The first-order chi connectivity index (χ1) is 15.2. The van der Waals surface area contributed by atoms with E-state index in [0.29, 0.717) is 31.4 Å². The van der Waals surface area contributed by atoms with Gasteiger partial charge in [-0.05, 0) is 26.3 Å². The third-order valence-electron chi connectivity index (χ3n) is 6.05. The SMILES string of the molecule is Cc1cc(N2CCN(C(=O)CCn3cnc4sc(C)c(C)c4c3=O)CC2)nc(C(C)C)n1. The Hall–Kier alpha value is -2.81. The van der Waals surface area contributed by atoms with Crippen molar-refractivity contribution in [3.8, 4) is 0 Å². The highest BCUT2D eigenvalue weighted by Gasteiger charge is 2.23. The van der Waals surface area contributed by atoms with E-state index in [0.717, 1.165) is 45.7 Å². The van der Waals surface area contributed by atoms with Crippen LogP contribution in [0.15, 0.2) is 17.2 Å². The molecule has 1 amide bonds. The minimum Gasteiger partial charge on any atom is -0.353 e. The highest BCUT2D eigenvalue weighted by atomic mass is 32.1. The number of hydrogen-bond acceptors (Lipinski definition) is 7. The van der Waals surface area contributed by atoms with Crippen LogP contribution >= 0.6 is 11.3 Å². The molecule has 3 aromatic rings. The maximum Gasteiger partial charge on any atom is 0.262 e. The Morgan fingerprint density at radius 3 is 2.53 bits per heavy atom. The van der Waals surface area contributed by atoms with E-state index in [1.807, 2.05) is 31.7 Å². The number of thiophene rings is 1. The first-order valence-corrected chi connectivity index (χ1v) is 11.9. The molecule has 0 aromatic carbocycles. The number of amides is 1. The number of piperazine rings is 1. The van der Waals surface area contributed by atoms with Crippen molar-refractivity contribution in [3.05, 3.63) is 44.7 Å². The molecule has 0 saturated carbocycles. The van der Waals surface area contributed by atoms with E-state index in [9.17, 15) is 9.59 Å². The lowest BCUT2D eigenvalue weighted by atomic mass is 10.2. The average Bonchev–Trinajstić information content (AvgIpc) is 3.07. The molecular weight excluding hydrogens is 424 g/mol. The van der Waals surface area contributed by atoms with Crippen molar-refractivity contribution >= 4 is 33.3 Å². The average molecular weight is 455 g/mol. The topological polar surface area (TPSA) is 84.2 Å². The Balaban J connectivity index is 1.37. The largest absolute Gasteiger partial charge is 0.353 e. The Kier molecular flexibility index (Phi) is 6.28. The third-order valence-corrected chi connectivity index (χ3v) is 7.17. The van der Waals surface area contributed by atoms with Gasteiger partial charge in [-0.1, -0.05) is 13.8 Å². The number of rotatable bonds is 5. The van der Waals surface area contributed by atoms with Gasteiger partial charge >= 0.3 is 0 Å². The Labute approximate surface area is 191 Å². The van der Waals surface area contributed by atoms with Crippen LogP contribution in [0.1, 0.15) is 48.1 Å². The number of aryl methyl sites for hydroxylation is 4. The minimum atomic E-state index is -0.0606. The Morgan fingerprint density at radius 2 is 1.84 bits per heavy atom. The molecule has 4 rings (SSSR count). The van der Waals surface area contributed by atoms with E-state index in [1.165, 1.54) is 11.3 Å². The summed E-state index contributed by atoms with van der Waals surface area (Å²) in [6, 6.07) is 2.01. The molecule has 32 heavy (non-hydrogen) atoms. The molecule has 1 saturated heterocycles.